The van der Waals surface area contributed by atoms with Crippen LogP contribution in [0.5, 0.6) is 0 Å². The van der Waals surface area contributed by atoms with E-state index in [1.807, 2.05) is 0 Å². The normalized spacial score (nSPS) is 23.6. The van der Waals surface area contributed by atoms with Gasteiger partial charge in [0.25, 0.3) is 0 Å². The van der Waals surface area contributed by atoms with Crippen LogP contribution in [-0.4, -0.2) is 25.8 Å². The van der Waals surface area contributed by atoms with Gasteiger partial charge in [-0.25, -0.2) is 0 Å². The molecule has 1 N–H and O–H groups in total. The third kappa shape index (κ3) is 3.03. The monoisotopic (exact) mass is 241 g/mol. The van der Waals surface area contributed by atoms with Gasteiger partial charge in [0.05, 0.1) is 6.61 Å². The first kappa shape index (κ1) is 15.0. The Morgan fingerprint density at radius 2 is 1.65 bits per heavy atom. The van der Waals surface area contributed by atoms with Crippen molar-refractivity contribution in [3.63, 3.8) is 0 Å². The van der Waals surface area contributed by atoms with E-state index in [-0.39, 0.29) is 0 Å². The van der Waals surface area contributed by atoms with Gasteiger partial charge in [0.2, 0.25) is 0 Å². The Morgan fingerprint density at radius 1 is 1.06 bits per heavy atom. The van der Waals surface area contributed by atoms with Crippen molar-refractivity contribution in [3.8, 4) is 0 Å². The van der Waals surface area contributed by atoms with E-state index in [1.165, 1.54) is 6.42 Å². The molecule has 1 fully saturated rings. The van der Waals surface area contributed by atoms with Gasteiger partial charge in [-0.1, -0.05) is 41.5 Å². The Bertz CT molecular complexity index is 221. The van der Waals surface area contributed by atoms with Gasteiger partial charge < -0.3 is 10.1 Å². The molecule has 0 aromatic carbocycles. The van der Waals surface area contributed by atoms with Crippen LogP contribution in [0.3, 0.4) is 0 Å². The summed E-state index contributed by atoms with van der Waals surface area (Å²) in [6.07, 6.45) is 2.30. The summed E-state index contributed by atoms with van der Waals surface area (Å²) in [5.41, 5.74) is 0.877. The molecule has 0 heterocycles. The van der Waals surface area contributed by atoms with Crippen LogP contribution in [-0.2, 0) is 4.74 Å². The lowest BCUT2D eigenvalue weighted by molar-refractivity contribution is 0.0996. The number of ether oxygens (including phenoxy) is 1. The summed E-state index contributed by atoms with van der Waals surface area (Å²) in [4.78, 5) is 0. The molecule has 1 saturated carbocycles. The number of hydrogen-bond acceptors (Lipinski definition) is 2. The number of hydrogen-bond donors (Lipinski definition) is 1. The average Bonchev–Trinajstić information content (AvgIpc) is 2.64. The van der Waals surface area contributed by atoms with Crippen molar-refractivity contribution in [3.05, 3.63) is 0 Å². The zero-order valence-corrected chi connectivity index (χ0v) is 12.6. The van der Waals surface area contributed by atoms with Crippen LogP contribution in [0.2, 0.25) is 0 Å². The predicted molar refractivity (Wildman–Crippen MR) is 74.2 cm³/mol. The van der Waals surface area contributed by atoms with Crippen molar-refractivity contribution < 1.29 is 4.74 Å². The first-order chi connectivity index (χ1) is 7.89. The molecule has 1 unspecified atom stereocenters. The topological polar surface area (TPSA) is 21.3 Å². The molecule has 1 aliphatic carbocycles. The molecule has 0 aliphatic heterocycles. The fraction of sp³-hybridized carbons (Fsp3) is 1.00. The zero-order valence-electron chi connectivity index (χ0n) is 12.6. The lowest BCUT2D eigenvalue weighted by atomic mass is 10.0. The quantitative estimate of drug-likeness (QED) is 0.657. The minimum Gasteiger partial charge on any atom is -0.380 e. The van der Waals surface area contributed by atoms with Crippen molar-refractivity contribution in [1.29, 1.82) is 0 Å². The fourth-order valence-electron chi connectivity index (χ4n) is 3.21. The van der Waals surface area contributed by atoms with Crippen LogP contribution >= 0.6 is 0 Å². The molecule has 17 heavy (non-hydrogen) atoms. The second-order valence-electron chi connectivity index (χ2n) is 6.56. The van der Waals surface area contributed by atoms with Crippen molar-refractivity contribution in [1.82, 2.24) is 5.32 Å². The van der Waals surface area contributed by atoms with E-state index >= 15 is 0 Å². The molecule has 1 rings (SSSR count). The van der Waals surface area contributed by atoms with E-state index in [2.05, 4.69) is 46.9 Å². The first-order valence-electron chi connectivity index (χ1n) is 7.20. The Hall–Kier alpha value is -0.0800. The van der Waals surface area contributed by atoms with Crippen LogP contribution in [0.4, 0.5) is 0 Å². The standard InChI is InChI=1S/C15H31NO/c1-7-9-16-12(11-17-10-8-2)13-14(3,4)15(13,5)6/h12-13,16H,7-11H2,1-6H3. The van der Waals surface area contributed by atoms with Crippen LogP contribution in [0.15, 0.2) is 0 Å². The third-order valence-electron chi connectivity index (χ3n) is 4.84. The molecule has 0 saturated heterocycles. The highest BCUT2D eigenvalue weighted by molar-refractivity contribution is 5.16. The van der Waals surface area contributed by atoms with Gasteiger partial charge >= 0.3 is 0 Å². The molecule has 0 radical (unpaired) electrons. The SMILES string of the molecule is CCCNC(COCCC)C1C(C)(C)C1(C)C. The van der Waals surface area contributed by atoms with Crippen molar-refractivity contribution >= 4 is 0 Å². The predicted octanol–water partition coefficient (Wildman–Crippen LogP) is 3.46. The zero-order chi connectivity index (χ0) is 13.1. The smallest absolute Gasteiger partial charge is 0.0622 e. The fourth-order valence-corrected chi connectivity index (χ4v) is 3.21. The first-order valence-corrected chi connectivity index (χ1v) is 7.20. The summed E-state index contributed by atoms with van der Waals surface area (Å²) in [6.45, 7) is 16.8. The lowest BCUT2D eigenvalue weighted by Gasteiger charge is -2.20. The maximum atomic E-state index is 5.77. The van der Waals surface area contributed by atoms with E-state index in [0.717, 1.165) is 32.1 Å². The highest BCUT2D eigenvalue weighted by Crippen LogP contribution is 2.69. The van der Waals surface area contributed by atoms with Gasteiger partial charge in [0.15, 0.2) is 0 Å². The van der Waals surface area contributed by atoms with Crippen LogP contribution in [0, 0.1) is 16.7 Å². The van der Waals surface area contributed by atoms with Crippen LogP contribution < -0.4 is 5.32 Å². The molecule has 0 aromatic rings. The summed E-state index contributed by atoms with van der Waals surface area (Å²) in [7, 11) is 0. The van der Waals surface area contributed by atoms with Crippen molar-refractivity contribution in [2.24, 2.45) is 16.7 Å². The molecular formula is C15H31NO. The Kier molecular flexibility index (Phi) is 5.03. The Morgan fingerprint density at radius 3 is 2.06 bits per heavy atom. The Labute approximate surface area is 108 Å². The maximum Gasteiger partial charge on any atom is 0.0622 e. The van der Waals surface area contributed by atoms with Gasteiger partial charge in [-0.2, -0.15) is 0 Å². The Balaban J connectivity index is 2.52. The molecule has 1 aliphatic rings. The van der Waals surface area contributed by atoms with Crippen LogP contribution in [0.1, 0.15) is 54.4 Å². The molecule has 0 aromatic heterocycles. The molecule has 0 bridgehead atoms. The van der Waals surface area contributed by atoms with Crippen LogP contribution in [0.25, 0.3) is 0 Å². The summed E-state index contributed by atoms with van der Waals surface area (Å²) in [5, 5.41) is 3.68. The van der Waals surface area contributed by atoms with Crippen molar-refractivity contribution in [2.45, 2.75) is 60.4 Å². The van der Waals surface area contributed by atoms with Gasteiger partial charge in [0, 0.05) is 12.6 Å². The van der Waals surface area contributed by atoms with Gasteiger partial charge in [0.1, 0.15) is 0 Å². The molecule has 2 heteroatoms. The molecule has 2 nitrogen and oxygen atoms in total. The maximum absolute atomic E-state index is 5.77. The highest BCUT2D eigenvalue weighted by Gasteiger charge is 2.66. The second kappa shape index (κ2) is 5.71. The molecule has 102 valence electrons. The summed E-state index contributed by atoms with van der Waals surface area (Å²) in [6, 6.07) is 0.520. The van der Waals surface area contributed by atoms with E-state index < -0.39 is 0 Å². The van der Waals surface area contributed by atoms with Gasteiger partial charge in [-0.15, -0.1) is 0 Å². The molecule has 0 spiro atoms. The summed E-state index contributed by atoms with van der Waals surface area (Å²) < 4.78 is 5.77. The molecular weight excluding hydrogens is 210 g/mol. The third-order valence-corrected chi connectivity index (χ3v) is 4.84. The highest BCUT2D eigenvalue weighted by atomic mass is 16.5. The minimum absolute atomic E-state index is 0.438. The summed E-state index contributed by atoms with van der Waals surface area (Å²) in [5.74, 6) is 0.735. The molecule has 1 atom stereocenters. The summed E-state index contributed by atoms with van der Waals surface area (Å²) >= 11 is 0. The van der Waals surface area contributed by atoms with Crippen molar-refractivity contribution in [2.75, 3.05) is 19.8 Å². The average molecular weight is 241 g/mol. The molecule has 0 amide bonds. The van der Waals surface area contributed by atoms with E-state index in [9.17, 15) is 0 Å². The van der Waals surface area contributed by atoms with Gasteiger partial charge in [-0.05, 0) is 36.1 Å². The van der Waals surface area contributed by atoms with Gasteiger partial charge in [-0.3, -0.25) is 0 Å². The van der Waals surface area contributed by atoms with E-state index in [0.29, 0.717) is 16.9 Å². The largest absolute Gasteiger partial charge is 0.380 e. The minimum atomic E-state index is 0.438. The van der Waals surface area contributed by atoms with E-state index in [1.54, 1.807) is 0 Å². The number of rotatable bonds is 8. The second-order valence-corrected chi connectivity index (χ2v) is 6.56. The number of nitrogens with one attached hydrogen (secondary N) is 1. The van der Waals surface area contributed by atoms with E-state index in [4.69, 9.17) is 4.74 Å². The lowest BCUT2D eigenvalue weighted by Crippen LogP contribution is -2.38.